The summed E-state index contributed by atoms with van der Waals surface area (Å²) in [6.07, 6.45) is 0. The second kappa shape index (κ2) is 6.27. The number of carboxylic acid groups (broad SMARTS) is 1. The van der Waals surface area contributed by atoms with E-state index in [-0.39, 0.29) is 17.9 Å². The van der Waals surface area contributed by atoms with Crippen molar-refractivity contribution in [2.75, 3.05) is 20.8 Å². The third kappa shape index (κ3) is 3.63. The number of methoxy groups -OCH3 is 2. The molecule has 6 nitrogen and oxygen atoms in total. The molecule has 0 amide bonds. The van der Waals surface area contributed by atoms with Gasteiger partial charge in [-0.05, 0) is 32.0 Å². The fourth-order valence-electron chi connectivity index (χ4n) is 1.52. The second-order valence-corrected chi connectivity index (χ2v) is 4.83. The molecule has 0 aliphatic rings. The molecule has 110 valence electrons. The minimum atomic E-state index is -1.13. The van der Waals surface area contributed by atoms with Crippen LogP contribution in [0.25, 0.3) is 0 Å². The number of hydrogen-bond donors (Lipinski definition) is 1. The molecule has 0 heterocycles. The Bertz CT molecular complexity index is 506. The molecule has 0 fully saturated rings. The van der Waals surface area contributed by atoms with Crippen molar-refractivity contribution in [2.24, 2.45) is 5.41 Å². The molecular formula is C14H18O6. The predicted octanol–water partition coefficient (Wildman–Crippen LogP) is 1.97. The smallest absolute Gasteiger partial charge is 0.339 e. The number of rotatable bonds is 6. The van der Waals surface area contributed by atoms with Gasteiger partial charge in [0.1, 0.15) is 23.7 Å². The van der Waals surface area contributed by atoms with E-state index in [2.05, 4.69) is 4.74 Å². The van der Waals surface area contributed by atoms with Gasteiger partial charge in [0.15, 0.2) is 0 Å². The molecule has 0 spiro atoms. The fraction of sp³-hybridized carbons (Fsp3) is 0.429. The zero-order chi connectivity index (χ0) is 15.3. The van der Waals surface area contributed by atoms with Crippen molar-refractivity contribution in [1.29, 1.82) is 0 Å². The van der Waals surface area contributed by atoms with Gasteiger partial charge in [0.2, 0.25) is 0 Å². The summed E-state index contributed by atoms with van der Waals surface area (Å²) in [6, 6.07) is 4.45. The van der Waals surface area contributed by atoms with E-state index in [1.54, 1.807) is 19.9 Å². The molecule has 1 N–H and O–H groups in total. The van der Waals surface area contributed by atoms with E-state index in [4.69, 9.17) is 14.6 Å². The van der Waals surface area contributed by atoms with Crippen LogP contribution < -0.4 is 9.47 Å². The minimum absolute atomic E-state index is 0.00623. The van der Waals surface area contributed by atoms with Gasteiger partial charge in [-0.1, -0.05) is 0 Å². The Kier molecular flexibility index (Phi) is 4.96. The lowest BCUT2D eigenvalue weighted by Gasteiger charge is -2.22. The van der Waals surface area contributed by atoms with Gasteiger partial charge in [0.05, 0.1) is 19.6 Å². The van der Waals surface area contributed by atoms with E-state index in [9.17, 15) is 9.59 Å². The van der Waals surface area contributed by atoms with Crippen LogP contribution in [0, 0.1) is 5.41 Å². The monoisotopic (exact) mass is 282 g/mol. The molecule has 0 aliphatic heterocycles. The standard InChI is InChI=1S/C14H18O6/c1-14(2,13(17)19-4)8-20-11-6-5-9(18-3)7-10(11)12(15)16/h5-7H,8H2,1-4H3,(H,15,16). The molecule has 1 aromatic rings. The summed E-state index contributed by atoms with van der Waals surface area (Å²) >= 11 is 0. The van der Waals surface area contributed by atoms with Crippen LogP contribution in [0.4, 0.5) is 0 Å². The van der Waals surface area contributed by atoms with Crippen molar-refractivity contribution >= 4 is 11.9 Å². The van der Waals surface area contributed by atoms with E-state index in [1.807, 2.05) is 0 Å². The molecule has 1 rings (SSSR count). The maximum Gasteiger partial charge on any atom is 0.339 e. The van der Waals surface area contributed by atoms with Crippen LogP contribution in [-0.4, -0.2) is 37.9 Å². The SMILES string of the molecule is COC(=O)C(C)(C)COc1ccc(OC)cc1C(=O)O. The van der Waals surface area contributed by atoms with Crippen molar-refractivity contribution in [1.82, 2.24) is 0 Å². The second-order valence-electron chi connectivity index (χ2n) is 4.83. The largest absolute Gasteiger partial charge is 0.497 e. The van der Waals surface area contributed by atoms with Gasteiger partial charge >= 0.3 is 11.9 Å². The van der Waals surface area contributed by atoms with Crippen LogP contribution in [0.5, 0.6) is 11.5 Å². The molecule has 0 aliphatic carbocycles. The molecule has 20 heavy (non-hydrogen) atoms. The number of benzene rings is 1. The lowest BCUT2D eigenvalue weighted by atomic mass is 9.95. The molecule has 6 heteroatoms. The van der Waals surface area contributed by atoms with Crippen LogP contribution >= 0.6 is 0 Å². The Morgan fingerprint density at radius 2 is 1.90 bits per heavy atom. The van der Waals surface area contributed by atoms with Crippen molar-refractivity contribution in [3.8, 4) is 11.5 Å². The van der Waals surface area contributed by atoms with E-state index in [1.165, 1.54) is 26.4 Å². The molecule has 0 atom stereocenters. The summed E-state index contributed by atoms with van der Waals surface area (Å²) in [4.78, 5) is 22.7. The van der Waals surface area contributed by atoms with Crippen LogP contribution in [-0.2, 0) is 9.53 Å². The molecule has 0 bridgehead atoms. The number of aromatic carboxylic acids is 1. The first-order valence-electron chi connectivity index (χ1n) is 5.94. The highest BCUT2D eigenvalue weighted by Crippen LogP contribution is 2.26. The van der Waals surface area contributed by atoms with Crippen LogP contribution in [0.3, 0.4) is 0 Å². The van der Waals surface area contributed by atoms with E-state index < -0.39 is 17.4 Å². The molecule has 0 unspecified atom stereocenters. The molecule has 0 radical (unpaired) electrons. The van der Waals surface area contributed by atoms with Gasteiger partial charge in [-0.3, -0.25) is 4.79 Å². The van der Waals surface area contributed by atoms with Crippen molar-refractivity contribution in [2.45, 2.75) is 13.8 Å². The summed E-state index contributed by atoms with van der Waals surface area (Å²) in [5.74, 6) is -0.963. The normalized spacial score (nSPS) is 10.8. The van der Waals surface area contributed by atoms with Crippen LogP contribution in [0.2, 0.25) is 0 Å². The molecule has 0 saturated heterocycles. The van der Waals surface area contributed by atoms with E-state index >= 15 is 0 Å². The average Bonchev–Trinajstić information content (AvgIpc) is 2.43. The number of hydrogen-bond acceptors (Lipinski definition) is 5. The number of carbonyl (C=O) groups excluding carboxylic acids is 1. The van der Waals surface area contributed by atoms with Gasteiger partial charge in [-0.15, -0.1) is 0 Å². The zero-order valence-corrected chi connectivity index (χ0v) is 11.9. The number of carboxylic acids is 1. The van der Waals surface area contributed by atoms with Gasteiger partial charge in [-0.2, -0.15) is 0 Å². The Balaban J connectivity index is 2.93. The quantitative estimate of drug-likeness (QED) is 0.803. The third-order valence-electron chi connectivity index (χ3n) is 2.74. The Hall–Kier alpha value is -2.24. The Morgan fingerprint density at radius 1 is 1.25 bits per heavy atom. The number of esters is 1. The first-order valence-corrected chi connectivity index (χ1v) is 5.94. The highest BCUT2D eigenvalue weighted by molar-refractivity contribution is 5.91. The van der Waals surface area contributed by atoms with Crippen molar-refractivity contribution < 1.29 is 28.9 Å². The lowest BCUT2D eigenvalue weighted by molar-refractivity contribution is -0.152. The van der Waals surface area contributed by atoms with Gasteiger partial charge in [-0.25, -0.2) is 4.79 Å². The molecular weight excluding hydrogens is 264 g/mol. The fourth-order valence-corrected chi connectivity index (χ4v) is 1.52. The average molecular weight is 282 g/mol. The summed E-state index contributed by atoms with van der Waals surface area (Å²) in [7, 11) is 2.74. The van der Waals surface area contributed by atoms with Gasteiger partial charge < -0.3 is 19.3 Å². The molecule has 0 saturated carbocycles. The van der Waals surface area contributed by atoms with Crippen molar-refractivity contribution in [3.05, 3.63) is 23.8 Å². The summed E-state index contributed by atoms with van der Waals surface area (Å²) in [5, 5.41) is 9.14. The van der Waals surface area contributed by atoms with Crippen LogP contribution in [0.15, 0.2) is 18.2 Å². The zero-order valence-electron chi connectivity index (χ0n) is 11.9. The predicted molar refractivity (Wildman–Crippen MR) is 71.2 cm³/mol. The minimum Gasteiger partial charge on any atom is -0.497 e. The lowest BCUT2D eigenvalue weighted by Crippen LogP contribution is -2.32. The highest BCUT2D eigenvalue weighted by Gasteiger charge is 2.30. The van der Waals surface area contributed by atoms with E-state index in [0.717, 1.165) is 0 Å². The first kappa shape index (κ1) is 15.8. The van der Waals surface area contributed by atoms with Crippen LogP contribution in [0.1, 0.15) is 24.2 Å². The maximum atomic E-state index is 11.5. The summed E-state index contributed by atoms with van der Waals surface area (Å²) < 4.78 is 15.1. The Labute approximate surface area is 117 Å². The third-order valence-corrected chi connectivity index (χ3v) is 2.74. The van der Waals surface area contributed by atoms with Crippen molar-refractivity contribution in [3.63, 3.8) is 0 Å². The maximum absolute atomic E-state index is 11.5. The highest BCUT2D eigenvalue weighted by atomic mass is 16.5. The number of carbonyl (C=O) groups is 2. The first-order chi connectivity index (χ1) is 9.31. The topological polar surface area (TPSA) is 82.1 Å². The summed E-state index contributed by atoms with van der Waals surface area (Å²) in [6.45, 7) is 3.32. The van der Waals surface area contributed by atoms with Gasteiger partial charge in [0, 0.05) is 0 Å². The Morgan fingerprint density at radius 3 is 2.40 bits per heavy atom. The summed E-state index contributed by atoms with van der Waals surface area (Å²) in [5.41, 5.74) is -0.894. The van der Waals surface area contributed by atoms with E-state index in [0.29, 0.717) is 5.75 Å². The molecule has 0 aromatic heterocycles. The molecule has 1 aromatic carbocycles. The number of ether oxygens (including phenoxy) is 3. The van der Waals surface area contributed by atoms with Gasteiger partial charge in [0.25, 0.3) is 0 Å².